The van der Waals surface area contributed by atoms with Crippen LogP contribution in [0.4, 0.5) is 5.82 Å². The molecule has 7 heteroatoms. The van der Waals surface area contributed by atoms with Crippen LogP contribution in [0.15, 0.2) is 24.4 Å². The highest BCUT2D eigenvalue weighted by Crippen LogP contribution is 2.15. The van der Waals surface area contributed by atoms with E-state index in [4.69, 9.17) is 23.2 Å². The molecule has 5 nitrogen and oxygen atoms in total. The lowest BCUT2D eigenvalue weighted by atomic mass is 10.3. The van der Waals surface area contributed by atoms with Crippen molar-refractivity contribution in [3.05, 3.63) is 40.5 Å². The second-order valence-corrected chi connectivity index (χ2v) is 4.61. The molecular formula is C12H12Cl2N4O. The summed E-state index contributed by atoms with van der Waals surface area (Å²) in [6, 6.07) is 5.01. The summed E-state index contributed by atoms with van der Waals surface area (Å²) in [6.45, 7) is 2.83. The first kappa shape index (κ1) is 13.8. The van der Waals surface area contributed by atoms with E-state index >= 15 is 0 Å². The van der Waals surface area contributed by atoms with Crippen LogP contribution in [0.3, 0.4) is 0 Å². The molecular weight excluding hydrogens is 287 g/mol. The van der Waals surface area contributed by atoms with Crippen LogP contribution in [-0.2, 0) is 6.54 Å². The normalized spacial score (nSPS) is 10.5. The summed E-state index contributed by atoms with van der Waals surface area (Å²) in [5, 5.41) is 2.82. The Morgan fingerprint density at radius 3 is 2.89 bits per heavy atom. The van der Waals surface area contributed by atoms with Crippen LogP contribution in [0.5, 0.6) is 0 Å². The van der Waals surface area contributed by atoms with Gasteiger partial charge in [-0.3, -0.25) is 4.79 Å². The third kappa shape index (κ3) is 3.45. The van der Waals surface area contributed by atoms with Gasteiger partial charge >= 0.3 is 0 Å². The lowest BCUT2D eigenvalue weighted by Gasteiger charge is -2.08. The fourth-order valence-electron chi connectivity index (χ4n) is 1.69. The molecule has 0 saturated heterocycles. The second kappa shape index (κ2) is 6.04. The average molecular weight is 299 g/mol. The van der Waals surface area contributed by atoms with Gasteiger partial charge in [-0.15, -0.1) is 0 Å². The molecule has 0 unspecified atom stereocenters. The first-order chi connectivity index (χ1) is 9.10. The number of nitrogens with one attached hydrogen (secondary N) is 1. The summed E-state index contributed by atoms with van der Waals surface area (Å²) in [7, 11) is 0. The van der Waals surface area contributed by atoms with E-state index in [0.29, 0.717) is 5.69 Å². The number of nitrogens with zero attached hydrogens (tertiary/aromatic N) is 3. The van der Waals surface area contributed by atoms with Gasteiger partial charge in [0, 0.05) is 18.8 Å². The van der Waals surface area contributed by atoms with Crippen LogP contribution < -0.4 is 5.32 Å². The van der Waals surface area contributed by atoms with E-state index in [-0.39, 0.29) is 22.2 Å². The van der Waals surface area contributed by atoms with Crippen LogP contribution in [0, 0.1) is 0 Å². The fraction of sp³-hybridized carbons (Fsp3) is 0.250. The van der Waals surface area contributed by atoms with E-state index in [0.717, 1.165) is 13.0 Å². The maximum Gasteiger partial charge on any atom is 0.273 e. The van der Waals surface area contributed by atoms with Crippen LogP contribution in [0.25, 0.3) is 0 Å². The Morgan fingerprint density at radius 2 is 2.21 bits per heavy atom. The Bertz CT molecular complexity index is 577. The molecule has 2 heterocycles. The van der Waals surface area contributed by atoms with Gasteiger partial charge in [-0.05, 0) is 30.2 Å². The van der Waals surface area contributed by atoms with Crippen LogP contribution >= 0.6 is 23.2 Å². The molecule has 19 heavy (non-hydrogen) atoms. The fourth-order valence-corrected chi connectivity index (χ4v) is 2.10. The zero-order valence-corrected chi connectivity index (χ0v) is 11.7. The van der Waals surface area contributed by atoms with Gasteiger partial charge in [0.15, 0.2) is 0 Å². The Hall–Kier alpha value is -1.59. The molecule has 0 aliphatic heterocycles. The van der Waals surface area contributed by atoms with E-state index in [9.17, 15) is 4.79 Å². The number of carbonyl (C=O) groups excluding carboxylic acids is 1. The molecule has 0 atom stereocenters. The molecule has 2 aromatic rings. The molecule has 0 saturated carbocycles. The average Bonchev–Trinajstić information content (AvgIpc) is 2.76. The number of hydrogen-bond acceptors (Lipinski definition) is 3. The minimum atomic E-state index is -0.260. The third-order valence-electron chi connectivity index (χ3n) is 2.44. The molecule has 2 aromatic heterocycles. The van der Waals surface area contributed by atoms with Gasteiger partial charge in [0.25, 0.3) is 5.91 Å². The predicted molar refractivity (Wildman–Crippen MR) is 74.7 cm³/mol. The SMILES string of the molecule is CCCn1cccc1C(=O)Nc1cc(Cl)nc(Cl)n1. The molecule has 1 amide bonds. The van der Waals surface area contributed by atoms with Gasteiger partial charge in [0.05, 0.1) is 0 Å². The second-order valence-electron chi connectivity index (χ2n) is 3.89. The Morgan fingerprint density at radius 1 is 1.42 bits per heavy atom. The highest BCUT2D eigenvalue weighted by molar-refractivity contribution is 6.32. The van der Waals surface area contributed by atoms with Crippen molar-refractivity contribution >= 4 is 34.9 Å². The van der Waals surface area contributed by atoms with Crippen LogP contribution in [0.2, 0.25) is 10.4 Å². The highest BCUT2D eigenvalue weighted by Gasteiger charge is 2.12. The summed E-state index contributed by atoms with van der Waals surface area (Å²) in [5.74, 6) is 0.0172. The molecule has 0 bridgehead atoms. The van der Waals surface area contributed by atoms with Crippen molar-refractivity contribution in [3.63, 3.8) is 0 Å². The third-order valence-corrected chi connectivity index (χ3v) is 2.80. The number of aromatic nitrogens is 3. The number of hydrogen-bond donors (Lipinski definition) is 1. The van der Waals surface area contributed by atoms with Gasteiger partial charge in [-0.2, -0.15) is 0 Å². The first-order valence-corrected chi connectivity index (χ1v) is 6.52. The Labute approximate surface area is 120 Å². The molecule has 100 valence electrons. The molecule has 1 N–H and O–H groups in total. The molecule has 0 aromatic carbocycles. The van der Waals surface area contributed by atoms with E-state index in [1.165, 1.54) is 6.07 Å². The van der Waals surface area contributed by atoms with E-state index in [1.807, 2.05) is 23.8 Å². The Balaban J connectivity index is 2.18. The molecule has 0 aliphatic carbocycles. The van der Waals surface area contributed by atoms with Crippen molar-refractivity contribution in [2.24, 2.45) is 0 Å². The van der Waals surface area contributed by atoms with Crippen molar-refractivity contribution < 1.29 is 4.79 Å². The molecule has 2 rings (SSSR count). The topological polar surface area (TPSA) is 59.8 Å². The monoisotopic (exact) mass is 298 g/mol. The van der Waals surface area contributed by atoms with Gasteiger partial charge in [-0.1, -0.05) is 18.5 Å². The summed E-state index contributed by atoms with van der Waals surface area (Å²) < 4.78 is 1.87. The number of aryl methyl sites for hydroxylation is 1. The largest absolute Gasteiger partial charge is 0.344 e. The number of halogens is 2. The Kier molecular flexibility index (Phi) is 4.39. The van der Waals surface area contributed by atoms with Gasteiger partial charge in [0.1, 0.15) is 16.7 Å². The summed E-state index contributed by atoms with van der Waals surface area (Å²) in [6.07, 6.45) is 2.80. The van der Waals surface area contributed by atoms with Crippen molar-refractivity contribution in [1.29, 1.82) is 0 Å². The number of amides is 1. The van der Waals surface area contributed by atoms with Gasteiger partial charge in [0.2, 0.25) is 5.28 Å². The van der Waals surface area contributed by atoms with Crippen molar-refractivity contribution in [3.8, 4) is 0 Å². The summed E-state index contributed by atoms with van der Waals surface area (Å²) >= 11 is 11.4. The molecule has 0 radical (unpaired) electrons. The quantitative estimate of drug-likeness (QED) is 0.696. The minimum Gasteiger partial charge on any atom is -0.344 e. The zero-order valence-electron chi connectivity index (χ0n) is 10.2. The number of carbonyl (C=O) groups is 1. The lowest BCUT2D eigenvalue weighted by Crippen LogP contribution is -2.17. The maximum absolute atomic E-state index is 12.1. The first-order valence-electron chi connectivity index (χ1n) is 5.76. The molecule has 0 aliphatic rings. The van der Waals surface area contributed by atoms with Crippen molar-refractivity contribution in [1.82, 2.24) is 14.5 Å². The highest BCUT2D eigenvalue weighted by atomic mass is 35.5. The van der Waals surface area contributed by atoms with Gasteiger partial charge < -0.3 is 9.88 Å². The molecule has 0 spiro atoms. The molecule has 0 fully saturated rings. The van der Waals surface area contributed by atoms with E-state index in [2.05, 4.69) is 15.3 Å². The maximum atomic E-state index is 12.1. The van der Waals surface area contributed by atoms with Crippen LogP contribution in [0.1, 0.15) is 23.8 Å². The van der Waals surface area contributed by atoms with Crippen molar-refractivity contribution in [2.75, 3.05) is 5.32 Å². The number of rotatable bonds is 4. The zero-order chi connectivity index (χ0) is 13.8. The van der Waals surface area contributed by atoms with Crippen LogP contribution in [-0.4, -0.2) is 20.4 Å². The summed E-state index contributed by atoms with van der Waals surface area (Å²) in [4.78, 5) is 19.7. The van der Waals surface area contributed by atoms with Gasteiger partial charge in [-0.25, -0.2) is 9.97 Å². The minimum absolute atomic E-state index is 0.00765. The summed E-state index contributed by atoms with van der Waals surface area (Å²) in [5.41, 5.74) is 0.563. The van der Waals surface area contributed by atoms with E-state index < -0.39 is 0 Å². The lowest BCUT2D eigenvalue weighted by molar-refractivity contribution is 0.101. The van der Waals surface area contributed by atoms with E-state index in [1.54, 1.807) is 6.07 Å². The predicted octanol–water partition coefficient (Wildman–Crippen LogP) is 3.25. The van der Waals surface area contributed by atoms with Crippen molar-refractivity contribution in [2.45, 2.75) is 19.9 Å². The number of anilines is 1. The standard InChI is InChI=1S/C12H12Cl2N4O/c1-2-5-18-6-3-4-8(18)11(19)16-10-7-9(13)15-12(14)17-10/h3-4,6-7H,2,5H2,1H3,(H,15,16,17,19). The smallest absolute Gasteiger partial charge is 0.273 e.